The molecule has 1 aromatic carbocycles. The Morgan fingerprint density at radius 2 is 2.00 bits per heavy atom. The minimum absolute atomic E-state index is 0.249. The van der Waals surface area contributed by atoms with Gasteiger partial charge in [0.25, 0.3) is 0 Å². The molecule has 0 N–H and O–H groups in total. The molecule has 0 bridgehead atoms. The number of benzene rings is 1. The van der Waals surface area contributed by atoms with E-state index in [4.69, 9.17) is 4.74 Å². The number of rotatable bonds is 4. The maximum atomic E-state index is 5.78. The van der Waals surface area contributed by atoms with Crippen molar-refractivity contribution in [3.05, 3.63) is 43.0 Å². The third-order valence-electron chi connectivity index (χ3n) is 2.23. The van der Waals surface area contributed by atoms with Crippen LogP contribution in [-0.2, 0) is 0 Å². The fraction of sp³-hybridized carbons (Fsp3) is 0.333. The van der Waals surface area contributed by atoms with E-state index in [9.17, 15) is 0 Å². The van der Waals surface area contributed by atoms with Crippen molar-refractivity contribution in [1.82, 2.24) is 0 Å². The van der Waals surface area contributed by atoms with E-state index in [1.807, 2.05) is 43.3 Å². The molecule has 70 valence electrons. The van der Waals surface area contributed by atoms with Crippen molar-refractivity contribution in [2.24, 2.45) is 0 Å². The largest absolute Gasteiger partial charge is 0.484 e. The van der Waals surface area contributed by atoms with E-state index >= 15 is 0 Å². The van der Waals surface area contributed by atoms with Gasteiger partial charge in [0, 0.05) is 0 Å². The molecule has 1 rings (SSSR count). The number of hydrogen-bond donors (Lipinski definition) is 0. The highest BCUT2D eigenvalue weighted by atomic mass is 16.5. The number of hydrogen-bond acceptors (Lipinski definition) is 1. The standard InChI is InChI=1S/C12H16O/c1-4-12(3,5-2)13-11-9-7-6-8-10-11/h4,6-10H,1,5H2,2-3H3. The van der Waals surface area contributed by atoms with Gasteiger partial charge in [-0.2, -0.15) is 0 Å². The quantitative estimate of drug-likeness (QED) is 0.639. The monoisotopic (exact) mass is 176 g/mol. The van der Waals surface area contributed by atoms with Crippen LogP contribution in [-0.4, -0.2) is 5.60 Å². The predicted octanol–water partition coefficient (Wildman–Crippen LogP) is 3.42. The van der Waals surface area contributed by atoms with Crippen molar-refractivity contribution < 1.29 is 4.74 Å². The minimum Gasteiger partial charge on any atom is -0.484 e. The lowest BCUT2D eigenvalue weighted by atomic mass is 10.0. The van der Waals surface area contributed by atoms with Crippen molar-refractivity contribution >= 4 is 0 Å². The van der Waals surface area contributed by atoms with Gasteiger partial charge in [0.05, 0.1) is 0 Å². The van der Waals surface area contributed by atoms with Crippen LogP contribution in [0.15, 0.2) is 43.0 Å². The Labute approximate surface area is 80.0 Å². The van der Waals surface area contributed by atoms with Gasteiger partial charge in [-0.05, 0) is 31.6 Å². The highest BCUT2D eigenvalue weighted by Crippen LogP contribution is 2.21. The molecular weight excluding hydrogens is 160 g/mol. The summed E-state index contributed by atoms with van der Waals surface area (Å²) in [5, 5.41) is 0. The fourth-order valence-corrected chi connectivity index (χ4v) is 1.02. The smallest absolute Gasteiger partial charge is 0.124 e. The zero-order valence-corrected chi connectivity index (χ0v) is 8.29. The molecule has 0 heterocycles. The lowest BCUT2D eigenvalue weighted by Crippen LogP contribution is -2.28. The maximum Gasteiger partial charge on any atom is 0.124 e. The van der Waals surface area contributed by atoms with Crippen LogP contribution in [0.25, 0.3) is 0 Å². The first-order valence-electron chi connectivity index (χ1n) is 4.58. The summed E-state index contributed by atoms with van der Waals surface area (Å²) in [4.78, 5) is 0. The average molecular weight is 176 g/mol. The molecule has 1 aromatic rings. The van der Waals surface area contributed by atoms with Crippen molar-refractivity contribution in [2.75, 3.05) is 0 Å². The topological polar surface area (TPSA) is 9.23 Å². The van der Waals surface area contributed by atoms with Gasteiger partial charge in [0.15, 0.2) is 0 Å². The summed E-state index contributed by atoms with van der Waals surface area (Å²) in [6.45, 7) is 7.90. The van der Waals surface area contributed by atoms with Gasteiger partial charge in [-0.25, -0.2) is 0 Å². The summed E-state index contributed by atoms with van der Waals surface area (Å²) in [5.74, 6) is 0.895. The molecule has 0 saturated carbocycles. The maximum absolute atomic E-state index is 5.78. The van der Waals surface area contributed by atoms with E-state index in [-0.39, 0.29) is 5.60 Å². The normalized spacial score (nSPS) is 14.6. The first-order valence-corrected chi connectivity index (χ1v) is 4.58. The van der Waals surface area contributed by atoms with E-state index < -0.39 is 0 Å². The van der Waals surface area contributed by atoms with Crippen molar-refractivity contribution in [2.45, 2.75) is 25.9 Å². The van der Waals surface area contributed by atoms with Gasteiger partial charge in [-0.3, -0.25) is 0 Å². The van der Waals surface area contributed by atoms with Crippen LogP contribution in [0.5, 0.6) is 5.75 Å². The second kappa shape index (κ2) is 4.13. The second-order valence-electron chi connectivity index (χ2n) is 3.29. The Morgan fingerprint density at radius 3 is 2.46 bits per heavy atom. The van der Waals surface area contributed by atoms with Gasteiger partial charge in [-0.15, -0.1) is 0 Å². The summed E-state index contributed by atoms with van der Waals surface area (Å²) < 4.78 is 5.78. The van der Waals surface area contributed by atoms with E-state index in [1.54, 1.807) is 0 Å². The molecule has 0 saturated heterocycles. The van der Waals surface area contributed by atoms with Crippen molar-refractivity contribution in [3.8, 4) is 5.75 Å². The Morgan fingerprint density at radius 1 is 1.38 bits per heavy atom. The second-order valence-corrected chi connectivity index (χ2v) is 3.29. The van der Waals surface area contributed by atoms with Crippen LogP contribution in [0, 0.1) is 0 Å². The summed E-state index contributed by atoms with van der Waals surface area (Å²) in [6, 6.07) is 9.82. The summed E-state index contributed by atoms with van der Waals surface area (Å²) in [5.41, 5.74) is -0.249. The van der Waals surface area contributed by atoms with Crippen LogP contribution < -0.4 is 4.74 Å². The summed E-state index contributed by atoms with van der Waals surface area (Å²) in [7, 11) is 0. The van der Waals surface area contributed by atoms with Crippen molar-refractivity contribution in [1.29, 1.82) is 0 Å². The first kappa shape index (κ1) is 9.85. The lowest BCUT2D eigenvalue weighted by Gasteiger charge is -2.25. The molecule has 1 nitrogen and oxygen atoms in total. The zero-order valence-electron chi connectivity index (χ0n) is 8.29. The molecular formula is C12H16O. The SMILES string of the molecule is C=CC(C)(CC)Oc1ccccc1. The molecule has 0 fully saturated rings. The van der Waals surface area contributed by atoms with E-state index in [0.29, 0.717) is 0 Å². The molecule has 1 atom stereocenters. The molecule has 0 aliphatic carbocycles. The zero-order chi connectivity index (χ0) is 9.73. The third-order valence-corrected chi connectivity index (χ3v) is 2.23. The molecule has 0 aromatic heterocycles. The minimum atomic E-state index is -0.249. The highest BCUT2D eigenvalue weighted by molar-refractivity contribution is 5.22. The first-order chi connectivity index (χ1) is 6.20. The number of para-hydroxylation sites is 1. The Bertz CT molecular complexity index is 266. The predicted molar refractivity (Wildman–Crippen MR) is 56.0 cm³/mol. The Hall–Kier alpha value is -1.24. The molecule has 0 amide bonds. The Kier molecular flexibility index (Phi) is 3.13. The molecule has 1 unspecified atom stereocenters. The van der Waals surface area contributed by atoms with Gasteiger partial charge >= 0.3 is 0 Å². The molecule has 0 aliphatic heterocycles. The summed E-state index contributed by atoms with van der Waals surface area (Å²) >= 11 is 0. The van der Waals surface area contributed by atoms with Crippen molar-refractivity contribution in [3.63, 3.8) is 0 Å². The molecule has 0 aliphatic rings. The highest BCUT2D eigenvalue weighted by Gasteiger charge is 2.18. The lowest BCUT2D eigenvalue weighted by molar-refractivity contribution is 0.136. The van der Waals surface area contributed by atoms with E-state index in [2.05, 4.69) is 13.5 Å². The molecule has 0 radical (unpaired) electrons. The van der Waals surface area contributed by atoms with Gasteiger partial charge in [-0.1, -0.05) is 31.7 Å². The van der Waals surface area contributed by atoms with Crippen LogP contribution in [0.1, 0.15) is 20.3 Å². The van der Waals surface area contributed by atoms with Gasteiger partial charge in [0.1, 0.15) is 11.4 Å². The fourth-order valence-electron chi connectivity index (χ4n) is 1.02. The molecule has 0 spiro atoms. The van der Waals surface area contributed by atoms with E-state index in [1.165, 1.54) is 0 Å². The summed E-state index contributed by atoms with van der Waals surface area (Å²) in [6.07, 6.45) is 2.77. The Balaban J connectivity index is 2.73. The van der Waals surface area contributed by atoms with Crippen LogP contribution in [0.3, 0.4) is 0 Å². The number of ether oxygens (including phenoxy) is 1. The molecule has 1 heteroatoms. The van der Waals surface area contributed by atoms with Crippen LogP contribution in [0.2, 0.25) is 0 Å². The van der Waals surface area contributed by atoms with Crippen LogP contribution in [0.4, 0.5) is 0 Å². The van der Waals surface area contributed by atoms with Crippen LogP contribution >= 0.6 is 0 Å². The average Bonchev–Trinajstić information content (AvgIpc) is 2.19. The van der Waals surface area contributed by atoms with E-state index in [0.717, 1.165) is 12.2 Å². The van der Waals surface area contributed by atoms with Gasteiger partial charge < -0.3 is 4.74 Å². The van der Waals surface area contributed by atoms with Gasteiger partial charge in [0.2, 0.25) is 0 Å². The molecule has 13 heavy (non-hydrogen) atoms. The third kappa shape index (κ3) is 2.62.